The van der Waals surface area contributed by atoms with Crippen molar-refractivity contribution < 1.29 is 49.6 Å². The molecule has 0 aliphatic rings. The molecule has 0 bridgehead atoms. The molecule has 0 rings (SSSR count). The van der Waals surface area contributed by atoms with E-state index in [4.69, 9.17) is 0 Å². The normalized spacial score (nSPS) is 8.50. The topological polar surface area (TPSA) is 0 Å². The standard InChI is InChI=1S/C10H20.2C4H11Si.4ClH.2Sn/c1-3-5-7-9-10-8-6-4-2;2*1-5(2,3)4;;;;;;/h1-10H2;2*1H2,2-4H3;4*1H;;/q;;;;;;;2*+2/p-4. The van der Waals surface area contributed by atoms with E-state index in [9.17, 15) is 0 Å². The van der Waals surface area contributed by atoms with E-state index in [2.05, 4.69) is 66.2 Å². The van der Waals surface area contributed by atoms with E-state index < -0.39 is 16.1 Å². The Morgan fingerprint density at radius 2 is 0.808 bits per heavy atom. The molecule has 0 aromatic rings. The van der Waals surface area contributed by atoms with Crippen molar-refractivity contribution in [1.82, 2.24) is 0 Å². The van der Waals surface area contributed by atoms with Gasteiger partial charge in [-0.25, -0.2) is 0 Å². The maximum Gasteiger partial charge on any atom is 2.00 e. The minimum atomic E-state index is -0.861. The molecule has 0 spiro atoms. The Kier molecular flexibility index (Phi) is 84.5. The monoisotopic (exact) mass is 694 g/mol. The largest absolute Gasteiger partial charge is 2.00 e. The molecular weight excluding hydrogens is 652 g/mol. The second kappa shape index (κ2) is 38.6. The summed E-state index contributed by atoms with van der Waals surface area (Å²) in [5, 5.41) is 0. The molecule has 0 saturated heterocycles. The SMILES string of the molecule is [CH2+]CCCCCCCC[CH2-].[CH2][Si](C)(C)C.[CH2][Si](C)(C)C.[Cl-].[Cl-].[Cl-].[Cl-].[Sn+2].[Sn+2]. The van der Waals surface area contributed by atoms with Crippen LogP contribution in [0.25, 0.3) is 0 Å². The summed E-state index contributed by atoms with van der Waals surface area (Å²) in [6.07, 6.45) is 10.4. The molecule has 0 atom stereocenters. The Morgan fingerprint density at radius 3 is 1.00 bits per heavy atom. The summed E-state index contributed by atoms with van der Waals surface area (Å²) in [6.45, 7) is 28.7. The van der Waals surface area contributed by atoms with Crippen molar-refractivity contribution in [2.75, 3.05) is 0 Å². The second-order valence-corrected chi connectivity index (χ2v) is 18.2. The van der Waals surface area contributed by atoms with Crippen LogP contribution in [0.4, 0.5) is 0 Å². The zero-order valence-electron chi connectivity index (χ0n) is 18.0. The summed E-state index contributed by atoms with van der Waals surface area (Å²) in [6, 6.07) is 0. The molecule has 0 unspecified atom stereocenters. The quantitative estimate of drug-likeness (QED) is 0.142. The van der Waals surface area contributed by atoms with Crippen LogP contribution in [0.2, 0.25) is 39.3 Å². The molecule has 0 aromatic carbocycles. The van der Waals surface area contributed by atoms with Gasteiger partial charge in [0.2, 0.25) is 0 Å². The first-order valence-corrected chi connectivity index (χ1v) is 15.6. The van der Waals surface area contributed by atoms with E-state index in [1.165, 1.54) is 38.5 Å². The van der Waals surface area contributed by atoms with Crippen LogP contribution in [-0.2, 0) is 0 Å². The smallest absolute Gasteiger partial charge is 1.00 e. The van der Waals surface area contributed by atoms with Crippen LogP contribution in [0.3, 0.4) is 0 Å². The van der Waals surface area contributed by atoms with E-state index in [-0.39, 0.29) is 97.4 Å². The summed E-state index contributed by atoms with van der Waals surface area (Å²) >= 11 is 0. The maximum absolute atomic E-state index is 3.91. The third kappa shape index (κ3) is 182. The summed E-state index contributed by atoms with van der Waals surface area (Å²) < 4.78 is 0. The Balaban J connectivity index is -0.0000000229. The number of hydrogen-bond acceptors (Lipinski definition) is 0. The Labute approximate surface area is 228 Å². The van der Waals surface area contributed by atoms with Gasteiger partial charge in [-0.1, -0.05) is 78.1 Å². The van der Waals surface area contributed by atoms with Gasteiger partial charge in [0, 0.05) is 16.1 Å². The summed E-state index contributed by atoms with van der Waals surface area (Å²) in [4.78, 5) is 0. The Bertz CT molecular complexity index is 157. The predicted octanol–water partition coefficient (Wildman–Crippen LogP) is -5.57. The van der Waals surface area contributed by atoms with Crippen molar-refractivity contribution >= 4 is 64.0 Å². The molecule has 0 fully saturated rings. The van der Waals surface area contributed by atoms with Gasteiger partial charge >= 0.3 is 47.8 Å². The van der Waals surface area contributed by atoms with Crippen molar-refractivity contribution in [3.63, 3.8) is 0 Å². The van der Waals surface area contributed by atoms with E-state index in [0.29, 0.717) is 0 Å². The van der Waals surface area contributed by atoms with Crippen LogP contribution in [0.5, 0.6) is 0 Å². The molecule has 0 aromatic heterocycles. The van der Waals surface area contributed by atoms with E-state index >= 15 is 0 Å². The molecular formula is C18H42Cl4Si2Sn2. The average molecular weight is 694 g/mol. The van der Waals surface area contributed by atoms with Crippen LogP contribution < -0.4 is 49.6 Å². The van der Waals surface area contributed by atoms with E-state index in [1.807, 2.05) is 0 Å². The van der Waals surface area contributed by atoms with Gasteiger partial charge in [-0.05, 0) is 12.8 Å². The van der Waals surface area contributed by atoms with Gasteiger partial charge in [-0.15, -0.1) is 0 Å². The number of halogens is 4. The maximum atomic E-state index is 3.91. The van der Waals surface area contributed by atoms with Gasteiger partial charge in [-0.2, -0.15) is 6.42 Å². The molecule has 158 valence electrons. The fourth-order valence-corrected chi connectivity index (χ4v) is 1.06. The molecule has 26 heavy (non-hydrogen) atoms. The summed E-state index contributed by atoms with van der Waals surface area (Å²) in [5.74, 6) is 0. The predicted molar refractivity (Wildman–Crippen MR) is 117 cm³/mol. The van der Waals surface area contributed by atoms with Crippen LogP contribution >= 0.6 is 0 Å². The van der Waals surface area contributed by atoms with Crippen molar-refractivity contribution in [3.05, 3.63) is 26.9 Å². The first kappa shape index (κ1) is 56.9. The van der Waals surface area contributed by atoms with Crippen molar-refractivity contribution in [2.24, 2.45) is 0 Å². The molecule has 0 nitrogen and oxygen atoms in total. The summed E-state index contributed by atoms with van der Waals surface area (Å²) in [7, 11) is -1.72. The third-order valence-corrected chi connectivity index (χ3v) is 1.75. The second-order valence-electron chi connectivity index (χ2n) is 7.95. The molecule has 0 aliphatic carbocycles. The molecule has 8 heteroatoms. The van der Waals surface area contributed by atoms with Gasteiger partial charge in [0.1, 0.15) is 0 Å². The van der Waals surface area contributed by atoms with Crippen LogP contribution in [-0.4, -0.2) is 64.0 Å². The Hall–Kier alpha value is 3.06. The fourth-order valence-electron chi connectivity index (χ4n) is 1.06. The van der Waals surface area contributed by atoms with Gasteiger partial charge in [0.25, 0.3) is 0 Å². The van der Waals surface area contributed by atoms with Crippen LogP contribution in [0.1, 0.15) is 51.4 Å². The van der Waals surface area contributed by atoms with Crippen LogP contribution in [0.15, 0.2) is 0 Å². The molecule has 6 radical (unpaired) electrons. The first-order valence-electron chi connectivity index (χ1n) is 8.21. The zero-order valence-corrected chi connectivity index (χ0v) is 28.7. The first-order chi connectivity index (χ1) is 8.91. The van der Waals surface area contributed by atoms with Crippen molar-refractivity contribution in [3.8, 4) is 0 Å². The number of rotatable bonds is 7. The molecule has 0 heterocycles. The van der Waals surface area contributed by atoms with Gasteiger partial charge < -0.3 is 56.6 Å². The van der Waals surface area contributed by atoms with Crippen molar-refractivity contribution in [2.45, 2.75) is 90.6 Å². The number of unbranched alkanes of at least 4 members (excludes halogenated alkanes) is 7. The molecule has 0 saturated carbocycles. The zero-order chi connectivity index (χ0) is 16.7. The minimum Gasteiger partial charge on any atom is -1.00 e. The molecule has 0 amide bonds. The molecule has 0 aliphatic heterocycles. The van der Waals surface area contributed by atoms with Gasteiger partial charge in [-0.3, -0.25) is 0 Å². The third-order valence-electron chi connectivity index (χ3n) is 1.75. The van der Waals surface area contributed by atoms with Gasteiger partial charge in [0.05, 0.1) is 13.3 Å². The average Bonchev–Trinajstić information content (AvgIpc) is 2.18. The fraction of sp³-hybridized carbons (Fsp3) is 0.778. The molecule has 0 N–H and O–H groups in total. The minimum absolute atomic E-state index is 0. The van der Waals surface area contributed by atoms with E-state index in [0.717, 1.165) is 12.8 Å². The van der Waals surface area contributed by atoms with Crippen molar-refractivity contribution in [1.29, 1.82) is 0 Å². The Morgan fingerprint density at radius 1 is 0.615 bits per heavy atom. The van der Waals surface area contributed by atoms with Gasteiger partial charge in [0.15, 0.2) is 0 Å². The van der Waals surface area contributed by atoms with E-state index in [1.54, 1.807) is 0 Å². The summed E-state index contributed by atoms with van der Waals surface area (Å²) in [5.41, 5.74) is 0. The number of hydrogen-bond donors (Lipinski definition) is 0. The van der Waals surface area contributed by atoms with Crippen LogP contribution in [0, 0.1) is 26.9 Å².